The van der Waals surface area contributed by atoms with Gasteiger partial charge in [0.05, 0.1) is 6.10 Å². The Hall–Kier alpha value is -1.39. The van der Waals surface area contributed by atoms with Gasteiger partial charge < -0.3 is 15.8 Å². The van der Waals surface area contributed by atoms with Crippen molar-refractivity contribution < 1.29 is 9.53 Å². The zero-order valence-electron chi connectivity index (χ0n) is 12.0. The molecule has 4 nitrogen and oxygen atoms in total. The summed E-state index contributed by atoms with van der Waals surface area (Å²) in [6.45, 7) is 2.74. The predicted molar refractivity (Wildman–Crippen MR) is 79.2 cm³/mol. The summed E-state index contributed by atoms with van der Waals surface area (Å²) >= 11 is 0. The molecule has 1 aliphatic carbocycles. The van der Waals surface area contributed by atoms with Gasteiger partial charge in [0.15, 0.2) is 0 Å². The first-order chi connectivity index (χ1) is 9.69. The third-order valence-electron chi connectivity index (χ3n) is 3.77. The van der Waals surface area contributed by atoms with Crippen LogP contribution in [0.25, 0.3) is 0 Å². The highest BCUT2D eigenvalue weighted by molar-refractivity contribution is 5.76. The first-order valence-electron chi connectivity index (χ1n) is 7.40. The summed E-state index contributed by atoms with van der Waals surface area (Å²) in [5.74, 6) is 0.0938. The van der Waals surface area contributed by atoms with E-state index in [0.29, 0.717) is 18.9 Å². The van der Waals surface area contributed by atoms with Crippen molar-refractivity contribution in [3.05, 3.63) is 35.9 Å². The zero-order valence-corrected chi connectivity index (χ0v) is 12.0. The Morgan fingerprint density at radius 1 is 1.40 bits per heavy atom. The van der Waals surface area contributed by atoms with E-state index >= 15 is 0 Å². The number of hydrogen-bond acceptors (Lipinski definition) is 3. The third kappa shape index (κ3) is 4.32. The molecular formula is C16H24N2O2. The number of nitrogens with one attached hydrogen (secondary N) is 1. The largest absolute Gasteiger partial charge is 0.378 e. The van der Waals surface area contributed by atoms with E-state index in [2.05, 4.69) is 5.32 Å². The normalized spacial score (nSPS) is 22.9. The number of carbonyl (C=O) groups is 1. The molecule has 20 heavy (non-hydrogen) atoms. The maximum absolute atomic E-state index is 11.8. The third-order valence-corrected chi connectivity index (χ3v) is 3.77. The number of benzene rings is 1. The second-order valence-corrected chi connectivity index (χ2v) is 5.37. The van der Waals surface area contributed by atoms with Crippen LogP contribution in [-0.2, 0) is 9.53 Å². The number of rotatable bonds is 7. The Morgan fingerprint density at radius 3 is 2.75 bits per heavy atom. The van der Waals surface area contributed by atoms with Gasteiger partial charge in [-0.1, -0.05) is 30.3 Å². The van der Waals surface area contributed by atoms with Gasteiger partial charge in [0.2, 0.25) is 5.91 Å². The smallest absolute Gasteiger partial charge is 0.220 e. The Labute approximate surface area is 120 Å². The predicted octanol–water partition coefficient (Wildman–Crippen LogP) is 2.15. The van der Waals surface area contributed by atoms with E-state index in [9.17, 15) is 4.79 Å². The summed E-state index contributed by atoms with van der Waals surface area (Å²) in [5, 5.41) is 3.04. The minimum absolute atomic E-state index is 0.0699. The minimum atomic E-state index is -0.0699. The highest BCUT2D eigenvalue weighted by atomic mass is 16.5. The lowest BCUT2D eigenvalue weighted by molar-refractivity contribution is -0.123. The standard InChI is InChI=1S/C16H24N2O2/c1-2-20-14-10-13(11-14)18-16(19)9-8-15(17)12-6-4-3-5-7-12/h3-7,13-15H,2,8-11,17H2,1H3,(H,18,19). The van der Waals surface area contributed by atoms with Crippen molar-refractivity contribution >= 4 is 5.91 Å². The molecule has 1 aromatic carbocycles. The van der Waals surface area contributed by atoms with Crippen LogP contribution in [0, 0.1) is 0 Å². The Kier molecular flexibility index (Phi) is 5.56. The molecule has 0 spiro atoms. The van der Waals surface area contributed by atoms with Crippen molar-refractivity contribution in [2.24, 2.45) is 5.73 Å². The maximum Gasteiger partial charge on any atom is 0.220 e. The molecule has 1 unspecified atom stereocenters. The molecular weight excluding hydrogens is 252 g/mol. The van der Waals surface area contributed by atoms with Gasteiger partial charge in [-0.25, -0.2) is 0 Å². The molecule has 0 bridgehead atoms. The van der Waals surface area contributed by atoms with Crippen LogP contribution in [0.5, 0.6) is 0 Å². The average molecular weight is 276 g/mol. The van der Waals surface area contributed by atoms with E-state index in [1.165, 1.54) is 0 Å². The topological polar surface area (TPSA) is 64.3 Å². The van der Waals surface area contributed by atoms with Crippen LogP contribution in [0.4, 0.5) is 0 Å². The number of nitrogens with two attached hydrogens (primary N) is 1. The number of ether oxygens (including phenoxy) is 1. The van der Waals surface area contributed by atoms with Gasteiger partial charge in [-0.05, 0) is 31.7 Å². The van der Waals surface area contributed by atoms with E-state index in [0.717, 1.165) is 25.0 Å². The Morgan fingerprint density at radius 2 is 2.10 bits per heavy atom. The van der Waals surface area contributed by atoms with Gasteiger partial charge >= 0.3 is 0 Å². The summed E-state index contributed by atoms with van der Waals surface area (Å²) in [4.78, 5) is 11.8. The van der Waals surface area contributed by atoms with Gasteiger partial charge in [-0.3, -0.25) is 4.79 Å². The highest BCUT2D eigenvalue weighted by Crippen LogP contribution is 2.23. The lowest BCUT2D eigenvalue weighted by atomic mass is 9.89. The van der Waals surface area contributed by atoms with E-state index in [4.69, 9.17) is 10.5 Å². The molecule has 0 aliphatic heterocycles. The van der Waals surface area contributed by atoms with Gasteiger partial charge in [-0.15, -0.1) is 0 Å². The van der Waals surface area contributed by atoms with E-state index in [-0.39, 0.29) is 18.0 Å². The lowest BCUT2D eigenvalue weighted by Crippen LogP contribution is -2.47. The molecule has 110 valence electrons. The maximum atomic E-state index is 11.8. The fourth-order valence-corrected chi connectivity index (χ4v) is 2.51. The number of hydrogen-bond donors (Lipinski definition) is 2. The van der Waals surface area contributed by atoms with Crippen molar-refractivity contribution in [3.63, 3.8) is 0 Å². The molecule has 2 rings (SSSR count). The molecule has 1 saturated carbocycles. The molecule has 1 aliphatic rings. The van der Waals surface area contributed by atoms with Crippen LogP contribution in [0.2, 0.25) is 0 Å². The van der Waals surface area contributed by atoms with Crippen molar-refractivity contribution in [1.29, 1.82) is 0 Å². The molecule has 0 saturated heterocycles. The summed E-state index contributed by atoms with van der Waals surface area (Å²) in [7, 11) is 0. The summed E-state index contributed by atoms with van der Waals surface area (Å²) in [5.41, 5.74) is 7.17. The van der Waals surface area contributed by atoms with Gasteiger partial charge in [0.1, 0.15) is 0 Å². The van der Waals surface area contributed by atoms with Crippen molar-refractivity contribution in [2.75, 3.05) is 6.61 Å². The molecule has 4 heteroatoms. The first kappa shape index (κ1) is 15.0. The summed E-state index contributed by atoms with van der Waals surface area (Å²) in [6, 6.07) is 10.1. The molecule has 1 fully saturated rings. The molecule has 0 heterocycles. The first-order valence-corrected chi connectivity index (χ1v) is 7.40. The van der Waals surface area contributed by atoms with Gasteiger partial charge in [-0.2, -0.15) is 0 Å². The molecule has 1 atom stereocenters. The number of amides is 1. The van der Waals surface area contributed by atoms with Crippen LogP contribution in [-0.4, -0.2) is 24.7 Å². The van der Waals surface area contributed by atoms with Crippen LogP contribution < -0.4 is 11.1 Å². The SMILES string of the molecule is CCOC1CC(NC(=O)CCC(N)c2ccccc2)C1. The fraction of sp³-hybridized carbons (Fsp3) is 0.562. The summed E-state index contributed by atoms with van der Waals surface area (Å²) in [6.07, 6.45) is 3.36. The highest BCUT2D eigenvalue weighted by Gasteiger charge is 2.30. The van der Waals surface area contributed by atoms with Crippen molar-refractivity contribution in [1.82, 2.24) is 5.32 Å². The van der Waals surface area contributed by atoms with Crippen molar-refractivity contribution in [3.8, 4) is 0 Å². The quantitative estimate of drug-likeness (QED) is 0.802. The fourth-order valence-electron chi connectivity index (χ4n) is 2.51. The molecule has 1 amide bonds. The van der Waals surface area contributed by atoms with E-state index in [1.807, 2.05) is 37.3 Å². The van der Waals surface area contributed by atoms with Gasteiger partial charge in [0.25, 0.3) is 0 Å². The van der Waals surface area contributed by atoms with Crippen LogP contribution in [0.1, 0.15) is 44.2 Å². The van der Waals surface area contributed by atoms with Crippen LogP contribution >= 0.6 is 0 Å². The Bertz CT molecular complexity index is 416. The monoisotopic (exact) mass is 276 g/mol. The molecule has 0 aromatic heterocycles. The van der Waals surface area contributed by atoms with Gasteiger partial charge in [0, 0.05) is 25.1 Å². The minimum Gasteiger partial charge on any atom is -0.378 e. The summed E-state index contributed by atoms with van der Waals surface area (Å²) < 4.78 is 5.47. The van der Waals surface area contributed by atoms with Crippen LogP contribution in [0.15, 0.2) is 30.3 Å². The molecule has 0 radical (unpaired) electrons. The van der Waals surface area contributed by atoms with E-state index < -0.39 is 0 Å². The average Bonchev–Trinajstić information content (AvgIpc) is 2.43. The molecule has 1 aromatic rings. The zero-order chi connectivity index (χ0) is 14.4. The second kappa shape index (κ2) is 7.41. The van der Waals surface area contributed by atoms with Crippen LogP contribution in [0.3, 0.4) is 0 Å². The van der Waals surface area contributed by atoms with E-state index in [1.54, 1.807) is 0 Å². The number of carbonyl (C=O) groups excluding carboxylic acids is 1. The Balaban J connectivity index is 1.64. The lowest BCUT2D eigenvalue weighted by Gasteiger charge is -2.35. The second-order valence-electron chi connectivity index (χ2n) is 5.37. The van der Waals surface area contributed by atoms with Crippen molar-refractivity contribution in [2.45, 2.75) is 50.8 Å². The molecule has 3 N–H and O–H groups in total.